The van der Waals surface area contributed by atoms with E-state index in [4.69, 9.17) is 0 Å². The fourth-order valence-corrected chi connectivity index (χ4v) is 9.23. The van der Waals surface area contributed by atoms with Crippen LogP contribution >= 0.6 is 0 Å². The zero-order valence-electron chi connectivity index (χ0n) is 44.7. The smallest absolute Gasteiger partial charge is 0.220 e. The molecule has 0 aliphatic heterocycles. The number of aliphatic hydroxyl groups is 2. The molecule has 388 valence electrons. The average Bonchev–Trinajstić information content (AvgIpc) is 3.32. The van der Waals surface area contributed by atoms with E-state index in [0.717, 1.165) is 38.5 Å². The van der Waals surface area contributed by atoms with Crippen LogP contribution in [0.25, 0.3) is 0 Å². The Hall–Kier alpha value is -1.65. The molecule has 0 spiro atoms. The van der Waals surface area contributed by atoms with Crippen LogP contribution in [-0.4, -0.2) is 34.9 Å². The first-order valence-corrected chi connectivity index (χ1v) is 29.9. The maximum absolute atomic E-state index is 12.5. The number of hydrogen-bond donors (Lipinski definition) is 3. The summed E-state index contributed by atoms with van der Waals surface area (Å²) >= 11 is 0. The molecule has 2 unspecified atom stereocenters. The van der Waals surface area contributed by atoms with Crippen molar-refractivity contribution in [2.24, 2.45) is 0 Å². The molecule has 0 aromatic heterocycles. The average molecular weight is 925 g/mol. The molecule has 3 N–H and O–H groups in total. The number of carbonyl (C=O) groups is 1. The van der Waals surface area contributed by atoms with Crippen LogP contribution in [0.3, 0.4) is 0 Å². The first-order valence-electron chi connectivity index (χ1n) is 29.9. The van der Waals surface area contributed by atoms with E-state index in [1.54, 1.807) is 6.08 Å². The summed E-state index contributed by atoms with van der Waals surface area (Å²) in [6, 6.07) is -0.638. The van der Waals surface area contributed by atoms with Gasteiger partial charge in [-0.15, -0.1) is 0 Å². The highest BCUT2D eigenvalue weighted by atomic mass is 16.3. The van der Waals surface area contributed by atoms with E-state index in [-0.39, 0.29) is 12.5 Å². The minimum Gasteiger partial charge on any atom is -0.394 e. The van der Waals surface area contributed by atoms with Gasteiger partial charge in [0, 0.05) is 6.42 Å². The zero-order chi connectivity index (χ0) is 47.7. The van der Waals surface area contributed by atoms with Crippen molar-refractivity contribution in [3.05, 3.63) is 48.6 Å². The number of carbonyl (C=O) groups excluding carboxylic acids is 1. The predicted molar refractivity (Wildman–Crippen MR) is 295 cm³/mol. The number of allylic oxidation sites excluding steroid dienone is 7. The van der Waals surface area contributed by atoms with Gasteiger partial charge in [-0.25, -0.2) is 0 Å². The molecular formula is C62H117NO3. The normalized spacial score (nSPS) is 13.1. The summed E-state index contributed by atoms with van der Waals surface area (Å²) in [6.45, 7) is 4.31. The van der Waals surface area contributed by atoms with Crippen LogP contribution in [0.5, 0.6) is 0 Å². The van der Waals surface area contributed by atoms with Crippen LogP contribution in [-0.2, 0) is 4.79 Å². The Labute approximate surface area is 414 Å². The van der Waals surface area contributed by atoms with E-state index in [1.165, 1.54) is 263 Å². The molecule has 0 rings (SSSR count). The molecule has 4 heteroatoms. The minimum absolute atomic E-state index is 0.0685. The van der Waals surface area contributed by atoms with E-state index in [2.05, 4.69) is 55.6 Å². The fraction of sp³-hybridized carbons (Fsp3) is 0.855. The van der Waals surface area contributed by atoms with Crippen molar-refractivity contribution in [3.63, 3.8) is 0 Å². The standard InChI is InChI=1S/C62H117NO3/c1-3-5-7-9-11-13-15-17-19-21-23-24-25-26-27-28-29-30-31-32-33-34-35-36-37-38-40-42-44-46-48-50-52-54-56-58-62(66)63-60(59-64)61(65)57-55-53-51-49-47-45-43-41-39-22-20-18-16-14-12-10-8-6-4-2/h15,17,21,23,47,49,55,57,60-61,64-65H,3-14,16,18-20,22,24-46,48,50-54,56,58-59H2,1-2H3,(H,63,66)/b17-15-,23-21-,49-47+,57-55+. The Morgan fingerprint density at radius 3 is 0.970 bits per heavy atom. The molecule has 0 aromatic carbocycles. The summed E-state index contributed by atoms with van der Waals surface area (Å²) in [5.74, 6) is -0.0685. The Morgan fingerprint density at radius 1 is 0.364 bits per heavy atom. The van der Waals surface area contributed by atoms with Crippen molar-refractivity contribution in [2.45, 2.75) is 334 Å². The maximum Gasteiger partial charge on any atom is 0.220 e. The summed E-state index contributed by atoms with van der Waals surface area (Å²) in [5, 5.41) is 23.1. The highest BCUT2D eigenvalue weighted by Gasteiger charge is 2.18. The Bertz CT molecular complexity index is 1050. The fourth-order valence-electron chi connectivity index (χ4n) is 9.23. The molecule has 4 nitrogen and oxygen atoms in total. The lowest BCUT2D eigenvalue weighted by molar-refractivity contribution is -0.123. The van der Waals surface area contributed by atoms with Gasteiger partial charge in [0.1, 0.15) is 0 Å². The van der Waals surface area contributed by atoms with Crippen molar-refractivity contribution < 1.29 is 15.0 Å². The first-order chi connectivity index (χ1) is 32.7. The summed E-state index contributed by atoms with van der Waals surface area (Å²) in [6.07, 6.45) is 80.1. The third kappa shape index (κ3) is 53.3. The van der Waals surface area contributed by atoms with Gasteiger partial charge >= 0.3 is 0 Å². The van der Waals surface area contributed by atoms with Gasteiger partial charge in [-0.3, -0.25) is 4.79 Å². The van der Waals surface area contributed by atoms with Crippen LogP contribution in [0.1, 0.15) is 322 Å². The van der Waals surface area contributed by atoms with Gasteiger partial charge in [-0.1, -0.05) is 300 Å². The lowest BCUT2D eigenvalue weighted by Crippen LogP contribution is -2.45. The van der Waals surface area contributed by atoms with Crippen LogP contribution in [0.4, 0.5) is 0 Å². The molecule has 0 aliphatic rings. The van der Waals surface area contributed by atoms with Gasteiger partial charge in [0.05, 0.1) is 18.8 Å². The quantitative estimate of drug-likeness (QED) is 0.0420. The summed E-state index contributed by atoms with van der Waals surface area (Å²) in [7, 11) is 0. The third-order valence-corrected chi connectivity index (χ3v) is 13.8. The molecule has 0 aliphatic carbocycles. The monoisotopic (exact) mass is 924 g/mol. The number of rotatable bonds is 55. The second kappa shape index (κ2) is 57.7. The van der Waals surface area contributed by atoms with Crippen LogP contribution < -0.4 is 5.32 Å². The van der Waals surface area contributed by atoms with Gasteiger partial charge in [0.2, 0.25) is 5.91 Å². The van der Waals surface area contributed by atoms with Crippen molar-refractivity contribution in [3.8, 4) is 0 Å². The molecule has 0 aromatic rings. The molecule has 0 bridgehead atoms. The number of unbranched alkanes of at least 4 members (excludes halogenated alkanes) is 42. The van der Waals surface area contributed by atoms with Crippen molar-refractivity contribution in [1.29, 1.82) is 0 Å². The molecule has 0 saturated heterocycles. The van der Waals surface area contributed by atoms with E-state index >= 15 is 0 Å². The van der Waals surface area contributed by atoms with Crippen molar-refractivity contribution in [1.82, 2.24) is 5.32 Å². The third-order valence-electron chi connectivity index (χ3n) is 13.8. The Morgan fingerprint density at radius 2 is 0.636 bits per heavy atom. The van der Waals surface area contributed by atoms with E-state index < -0.39 is 12.1 Å². The molecule has 0 fully saturated rings. The van der Waals surface area contributed by atoms with Crippen molar-refractivity contribution >= 4 is 5.91 Å². The molecular weight excluding hydrogens is 807 g/mol. The summed E-state index contributed by atoms with van der Waals surface area (Å²) < 4.78 is 0. The Balaban J connectivity index is 3.45. The lowest BCUT2D eigenvalue weighted by Gasteiger charge is -2.19. The second-order valence-corrected chi connectivity index (χ2v) is 20.4. The van der Waals surface area contributed by atoms with Gasteiger partial charge in [-0.2, -0.15) is 0 Å². The zero-order valence-corrected chi connectivity index (χ0v) is 44.7. The van der Waals surface area contributed by atoms with Gasteiger partial charge in [-0.05, 0) is 64.2 Å². The molecule has 2 atom stereocenters. The summed E-state index contributed by atoms with van der Waals surface area (Å²) in [4.78, 5) is 12.5. The predicted octanol–water partition coefficient (Wildman–Crippen LogP) is 19.8. The first kappa shape index (κ1) is 64.3. The largest absolute Gasteiger partial charge is 0.394 e. The number of amides is 1. The van der Waals surface area contributed by atoms with Crippen LogP contribution in [0.2, 0.25) is 0 Å². The summed E-state index contributed by atoms with van der Waals surface area (Å²) in [5.41, 5.74) is 0. The van der Waals surface area contributed by atoms with E-state index in [1.807, 2.05) is 6.08 Å². The molecule has 0 saturated carbocycles. The van der Waals surface area contributed by atoms with Gasteiger partial charge in [0.15, 0.2) is 0 Å². The van der Waals surface area contributed by atoms with Crippen LogP contribution in [0.15, 0.2) is 48.6 Å². The molecule has 0 radical (unpaired) electrons. The highest BCUT2D eigenvalue weighted by molar-refractivity contribution is 5.76. The van der Waals surface area contributed by atoms with E-state index in [9.17, 15) is 15.0 Å². The van der Waals surface area contributed by atoms with Crippen molar-refractivity contribution in [2.75, 3.05) is 6.61 Å². The maximum atomic E-state index is 12.5. The molecule has 0 heterocycles. The number of aliphatic hydroxyl groups excluding tert-OH is 2. The molecule has 1 amide bonds. The topological polar surface area (TPSA) is 69.6 Å². The van der Waals surface area contributed by atoms with Crippen LogP contribution in [0, 0.1) is 0 Å². The van der Waals surface area contributed by atoms with E-state index in [0.29, 0.717) is 6.42 Å². The number of hydrogen-bond acceptors (Lipinski definition) is 3. The molecule has 66 heavy (non-hydrogen) atoms. The highest BCUT2D eigenvalue weighted by Crippen LogP contribution is 2.17. The Kier molecular flexibility index (Phi) is 56.2. The second-order valence-electron chi connectivity index (χ2n) is 20.4. The van der Waals surface area contributed by atoms with Gasteiger partial charge in [0.25, 0.3) is 0 Å². The van der Waals surface area contributed by atoms with Gasteiger partial charge < -0.3 is 15.5 Å². The SMILES string of the molecule is CCCCCCC/C=C\C/C=C\CCCCCCCCCCCCCCCCCCCCCCCCCC(=O)NC(CO)C(O)/C=C/CC/C=C/CCCCCCCCCCCCCCC. The minimum atomic E-state index is -0.862. The number of nitrogens with one attached hydrogen (secondary N) is 1. The lowest BCUT2D eigenvalue weighted by atomic mass is 10.0.